The fourth-order valence-electron chi connectivity index (χ4n) is 10.7. The lowest BCUT2D eigenvalue weighted by molar-refractivity contribution is -0.104. The van der Waals surface area contributed by atoms with Crippen LogP contribution >= 0.6 is 0 Å². The summed E-state index contributed by atoms with van der Waals surface area (Å²) in [6.45, 7) is 20.0. The lowest BCUT2D eigenvalue weighted by Crippen LogP contribution is -2.55. The van der Waals surface area contributed by atoms with Gasteiger partial charge >= 0.3 is 5.97 Å². The number of anilines is 1. The highest BCUT2D eigenvalue weighted by Gasteiger charge is 2.63. The van der Waals surface area contributed by atoms with Crippen LogP contribution in [0.15, 0.2) is 35.4 Å². The van der Waals surface area contributed by atoms with Crippen LogP contribution in [-0.2, 0) is 4.74 Å². The van der Waals surface area contributed by atoms with Gasteiger partial charge < -0.3 is 10.5 Å². The van der Waals surface area contributed by atoms with Crippen molar-refractivity contribution in [3.8, 4) is 0 Å². The number of allylic oxidation sites excluding steroid dienone is 2. The molecule has 0 radical (unpaired) electrons. The van der Waals surface area contributed by atoms with E-state index in [0.717, 1.165) is 30.6 Å². The van der Waals surface area contributed by atoms with Crippen LogP contribution < -0.4 is 5.73 Å². The van der Waals surface area contributed by atoms with Gasteiger partial charge in [0.05, 0.1) is 5.56 Å². The molecule has 3 heteroatoms. The van der Waals surface area contributed by atoms with Gasteiger partial charge in [0, 0.05) is 11.1 Å². The topological polar surface area (TPSA) is 52.3 Å². The fourth-order valence-corrected chi connectivity index (χ4v) is 10.7. The minimum atomic E-state index is -0.210. The highest BCUT2D eigenvalue weighted by atomic mass is 16.5. The Kier molecular flexibility index (Phi) is 7.80. The van der Waals surface area contributed by atoms with Crippen molar-refractivity contribution in [3.63, 3.8) is 0 Å². The van der Waals surface area contributed by atoms with Gasteiger partial charge in [-0.2, -0.15) is 0 Å². The van der Waals surface area contributed by atoms with Crippen LogP contribution in [0, 0.1) is 45.3 Å². The van der Waals surface area contributed by atoms with Crippen LogP contribution in [0.4, 0.5) is 5.69 Å². The number of hydrogen-bond donors (Lipinski definition) is 1. The number of carbonyl (C=O) groups excluding carboxylic acids is 1. The van der Waals surface area contributed by atoms with E-state index >= 15 is 0 Å². The minimum Gasteiger partial charge on any atom is -0.458 e. The number of nitrogen functional groups attached to an aromatic ring is 1. The maximum Gasteiger partial charge on any atom is 0.338 e. The van der Waals surface area contributed by atoms with E-state index in [1.807, 2.05) is 11.1 Å². The van der Waals surface area contributed by atoms with Gasteiger partial charge in [-0.05, 0) is 116 Å². The molecule has 1 aromatic carbocycles. The average molecular weight is 548 g/mol. The first-order valence-electron chi connectivity index (χ1n) is 16.5. The Morgan fingerprint density at radius 1 is 0.900 bits per heavy atom. The van der Waals surface area contributed by atoms with Gasteiger partial charge in [-0.15, -0.1) is 0 Å². The molecule has 0 saturated heterocycles. The van der Waals surface area contributed by atoms with Gasteiger partial charge in [0.15, 0.2) is 0 Å². The zero-order chi connectivity index (χ0) is 29.1. The van der Waals surface area contributed by atoms with Crippen LogP contribution in [0.25, 0.3) is 0 Å². The maximum atomic E-state index is 13.1. The van der Waals surface area contributed by atoms with Gasteiger partial charge in [0.2, 0.25) is 0 Å². The molecule has 1 unspecified atom stereocenters. The molecule has 0 bridgehead atoms. The minimum absolute atomic E-state index is 0.0511. The number of rotatable bonds is 7. The zero-order valence-corrected chi connectivity index (χ0v) is 26.9. The number of nitrogens with two attached hydrogens (primary N) is 1. The van der Waals surface area contributed by atoms with E-state index in [4.69, 9.17) is 10.5 Å². The third-order valence-electron chi connectivity index (χ3n) is 13.3. The predicted octanol–water partition coefficient (Wildman–Crippen LogP) is 10.0. The molecule has 4 aliphatic rings. The fraction of sp³-hybridized carbons (Fsp3) is 0.757. The number of hydrogen-bond acceptors (Lipinski definition) is 3. The van der Waals surface area contributed by atoms with Crippen molar-refractivity contribution in [1.29, 1.82) is 0 Å². The summed E-state index contributed by atoms with van der Waals surface area (Å²) in [6.07, 6.45) is 14.0. The lowest BCUT2D eigenvalue weighted by atomic mass is 9.43. The second-order valence-electron chi connectivity index (χ2n) is 16.0. The Morgan fingerprint density at radius 3 is 2.27 bits per heavy atom. The van der Waals surface area contributed by atoms with Crippen molar-refractivity contribution in [3.05, 3.63) is 41.0 Å². The number of benzene rings is 1. The smallest absolute Gasteiger partial charge is 0.338 e. The molecule has 0 spiro atoms. The van der Waals surface area contributed by atoms with E-state index in [1.165, 1.54) is 57.8 Å². The lowest BCUT2D eigenvalue weighted by Gasteiger charge is -2.62. The maximum absolute atomic E-state index is 13.1. The SMILES string of the molecule is CC(C)CCC[C@@H](C)[C@H]1CC[C@@]2(C)C3=C(CC[C@]12C)[C@@]1(C)CC[C@H](OC(=O)c2ccc(N)cc2)C(C)(C)C1CC3. The monoisotopic (exact) mass is 547 g/mol. The van der Waals surface area contributed by atoms with Crippen molar-refractivity contribution in [2.45, 2.75) is 132 Å². The quantitative estimate of drug-likeness (QED) is 0.210. The first-order valence-corrected chi connectivity index (χ1v) is 16.5. The summed E-state index contributed by atoms with van der Waals surface area (Å²) in [4.78, 5) is 13.1. The molecule has 5 rings (SSSR count). The molecule has 1 aromatic rings. The van der Waals surface area contributed by atoms with E-state index in [1.54, 1.807) is 24.3 Å². The Hall–Kier alpha value is -1.77. The van der Waals surface area contributed by atoms with Gasteiger partial charge in [-0.3, -0.25) is 0 Å². The summed E-state index contributed by atoms with van der Waals surface area (Å²) in [6, 6.07) is 7.14. The first kappa shape index (κ1) is 29.7. The molecule has 2 saturated carbocycles. The third kappa shape index (κ3) is 4.66. The Labute approximate surface area is 245 Å². The van der Waals surface area contributed by atoms with Crippen LogP contribution in [0.5, 0.6) is 0 Å². The molecule has 3 nitrogen and oxygen atoms in total. The van der Waals surface area contributed by atoms with E-state index in [9.17, 15) is 4.79 Å². The largest absolute Gasteiger partial charge is 0.458 e. The molecule has 2 fully saturated rings. The Bertz CT molecular complexity index is 1130. The molecule has 0 aromatic heterocycles. The molecule has 2 N–H and O–H groups in total. The first-order chi connectivity index (χ1) is 18.7. The molecule has 0 heterocycles. The van der Waals surface area contributed by atoms with E-state index in [0.29, 0.717) is 28.0 Å². The normalized spacial score (nSPS) is 37.5. The summed E-state index contributed by atoms with van der Waals surface area (Å²) in [7, 11) is 0. The number of ether oxygens (including phenoxy) is 1. The molecular formula is C37H57NO2. The van der Waals surface area contributed by atoms with Gasteiger partial charge in [-0.25, -0.2) is 4.79 Å². The highest BCUT2D eigenvalue weighted by Crippen LogP contribution is 2.72. The van der Waals surface area contributed by atoms with E-state index in [2.05, 4.69) is 55.4 Å². The van der Waals surface area contributed by atoms with Gasteiger partial charge in [-0.1, -0.05) is 85.8 Å². The van der Waals surface area contributed by atoms with Gasteiger partial charge in [0.25, 0.3) is 0 Å². The summed E-state index contributed by atoms with van der Waals surface area (Å²) < 4.78 is 6.26. The zero-order valence-electron chi connectivity index (χ0n) is 26.9. The van der Waals surface area contributed by atoms with Crippen LogP contribution in [0.1, 0.15) is 136 Å². The second kappa shape index (κ2) is 10.5. The van der Waals surface area contributed by atoms with Crippen LogP contribution in [0.3, 0.4) is 0 Å². The average Bonchev–Trinajstić information content (AvgIpc) is 3.17. The summed E-state index contributed by atoms with van der Waals surface area (Å²) in [5.74, 6) is 2.82. The van der Waals surface area contributed by atoms with Crippen molar-refractivity contribution in [2.75, 3.05) is 5.73 Å². The van der Waals surface area contributed by atoms with Crippen LogP contribution in [0.2, 0.25) is 0 Å². The molecule has 40 heavy (non-hydrogen) atoms. The standard InChI is InChI=1S/C37H57NO2/c1-24(2)10-9-11-25(3)28-18-22-37(8)30-16-17-31-34(4,5)32(40-33(39)26-12-14-27(38)15-13-26)20-21-35(31,6)29(30)19-23-36(28,37)7/h12-15,24-25,28,31-32H,9-11,16-23,38H2,1-8H3/t25-,28-,31?,32+,35-,36-,37+/m1/s1. The van der Waals surface area contributed by atoms with Crippen molar-refractivity contribution >= 4 is 11.7 Å². The van der Waals surface area contributed by atoms with E-state index in [-0.39, 0.29) is 22.9 Å². The van der Waals surface area contributed by atoms with Gasteiger partial charge in [0.1, 0.15) is 6.10 Å². The molecule has 7 atom stereocenters. The summed E-state index contributed by atoms with van der Waals surface area (Å²) >= 11 is 0. The third-order valence-corrected chi connectivity index (χ3v) is 13.3. The number of esters is 1. The summed E-state index contributed by atoms with van der Waals surface area (Å²) in [5.41, 5.74) is 11.7. The molecule has 0 aliphatic heterocycles. The Morgan fingerprint density at radius 2 is 1.60 bits per heavy atom. The van der Waals surface area contributed by atoms with Crippen molar-refractivity contribution in [1.82, 2.24) is 0 Å². The molecule has 0 amide bonds. The second-order valence-corrected chi connectivity index (χ2v) is 16.0. The Balaban J connectivity index is 1.36. The molecular weight excluding hydrogens is 490 g/mol. The number of fused-ring (bicyclic) bond motifs is 4. The number of carbonyl (C=O) groups is 1. The van der Waals surface area contributed by atoms with E-state index < -0.39 is 0 Å². The predicted molar refractivity (Wildman–Crippen MR) is 167 cm³/mol. The van der Waals surface area contributed by atoms with Crippen LogP contribution in [-0.4, -0.2) is 12.1 Å². The summed E-state index contributed by atoms with van der Waals surface area (Å²) in [5, 5.41) is 0. The highest BCUT2D eigenvalue weighted by molar-refractivity contribution is 5.89. The van der Waals surface area contributed by atoms with Crippen molar-refractivity contribution < 1.29 is 9.53 Å². The molecule has 4 aliphatic carbocycles. The molecule has 222 valence electrons. The van der Waals surface area contributed by atoms with Crippen molar-refractivity contribution in [2.24, 2.45) is 45.3 Å².